The van der Waals surface area contributed by atoms with Gasteiger partial charge in [0, 0.05) is 5.69 Å². The van der Waals surface area contributed by atoms with E-state index in [1.54, 1.807) is 0 Å². The van der Waals surface area contributed by atoms with Crippen LogP contribution in [-0.4, -0.2) is 5.96 Å². The maximum atomic E-state index is 5.78. The van der Waals surface area contributed by atoms with Crippen molar-refractivity contribution in [1.82, 2.24) is 0 Å². The molecule has 0 saturated heterocycles. The van der Waals surface area contributed by atoms with Gasteiger partial charge in [-0.05, 0) is 24.3 Å². The summed E-state index contributed by atoms with van der Waals surface area (Å²) in [4.78, 5) is 4.24. The Morgan fingerprint density at radius 3 is 2.00 bits per heavy atom. The van der Waals surface area contributed by atoms with Crippen molar-refractivity contribution in [3.63, 3.8) is 0 Å². The predicted molar refractivity (Wildman–Crippen MR) is 75.0 cm³/mol. The van der Waals surface area contributed by atoms with Crippen molar-refractivity contribution in [2.45, 2.75) is 0 Å². The second kappa shape index (κ2) is 6.55. The minimum absolute atomic E-state index is 0. The van der Waals surface area contributed by atoms with Gasteiger partial charge in [0.1, 0.15) is 0 Å². The molecule has 3 N–H and O–H groups in total. The van der Waals surface area contributed by atoms with Gasteiger partial charge in [-0.15, -0.1) is 12.4 Å². The van der Waals surface area contributed by atoms with Crippen LogP contribution in [0.1, 0.15) is 0 Å². The molecule has 2 rings (SSSR count). The van der Waals surface area contributed by atoms with Crippen LogP contribution in [0.3, 0.4) is 0 Å². The number of rotatable bonds is 2. The Labute approximate surface area is 107 Å². The minimum atomic E-state index is 0. The van der Waals surface area contributed by atoms with Gasteiger partial charge in [0.15, 0.2) is 5.96 Å². The number of benzene rings is 2. The van der Waals surface area contributed by atoms with Crippen molar-refractivity contribution < 1.29 is 0 Å². The SMILES string of the molecule is Cl.NC(=Nc1ccccc1)Nc1ccccc1. The number of para-hydroxylation sites is 2. The number of nitrogens with zero attached hydrogens (tertiary/aromatic N) is 1. The van der Waals surface area contributed by atoms with Crippen LogP contribution in [0.4, 0.5) is 11.4 Å². The van der Waals surface area contributed by atoms with E-state index in [0.717, 1.165) is 11.4 Å². The number of anilines is 1. The second-order valence-corrected chi connectivity index (χ2v) is 3.32. The van der Waals surface area contributed by atoms with Crippen molar-refractivity contribution in [3.8, 4) is 0 Å². The van der Waals surface area contributed by atoms with Gasteiger partial charge in [-0.3, -0.25) is 0 Å². The minimum Gasteiger partial charge on any atom is -0.369 e. The van der Waals surface area contributed by atoms with E-state index < -0.39 is 0 Å². The number of nitrogens with two attached hydrogens (primary N) is 1. The summed E-state index contributed by atoms with van der Waals surface area (Å²) in [6.45, 7) is 0. The van der Waals surface area contributed by atoms with Crippen molar-refractivity contribution in [2.24, 2.45) is 10.7 Å². The van der Waals surface area contributed by atoms with E-state index in [1.165, 1.54) is 0 Å². The molecule has 0 radical (unpaired) electrons. The van der Waals surface area contributed by atoms with E-state index >= 15 is 0 Å². The highest BCUT2D eigenvalue weighted by atomic mass is 35.5. The maximum absolute atomic E-state index is 5.78. The van der Waals surface area contributed by atoms with Gasteiger partial charge < -0.3 is 11.1 Å². The Balaban J connectivity index is 0.00000144. The summed E-state index contributed by atoms with van der Waals surface area (Å²) in [6, 6.07) is 19.3. The van der Waals surface area contributed by atoms with E-state index in [2.05, 4.69) is 10.3 Å². The molecule has 0 bridgehead atoms. The summed E-state index contributed by atoms with van der Waals surface area (Å²) >= 11 is 0. The fourth-order valence-electron chi connectivity index (χ4n) is 1.34. The monoisotopic (exact) mass is 247 g/mol. The summed E-state index contributed by atoms with van der Waals surface area (Å²) in [5.74, 6) is 0.386. The van der Waals surface area contributed by atoms with Crippen molar-refractivity contribution >= 4 is 29.7 Å². The molecule has 17 heavy (non-hydrogen) atoms. The topological polar surface area (TPSA) is 50.4 Å². The summed E-state index contributed by atoms with van der Waals surface area (Å²) < 4.78 is 0. The third kappa shape index (κ3) is 4.17. The molecule has 0 amide bonds. The van der Waals surface area contributed by atoms with E-state index in [4.69, 9.17) is 5.73 Å². The van der Waals surface area contributed by atoms with Crippen LogP contribution in [-0.2, 0) is 0 Å². The van der Waals surface area contributed by atoms with Gasteiger partial charge >= 0.3 is 0 Å². The van der Waals surface area contributed by atoms with Crippen LogP contribution >= 0.6 is 12.4 Å². The molecule has 2 aromatic rings. The van der Waals surface area contributed by atoms with Crippen molar-refractivity contribution in [3.05, 3.63) is 60.7 Å². The molecule has 3 nitrogen and oxygen atoms in total. The lowest BCUT2D eigenvalue weighted by molar-refractivity contribution is 1.44. The fourth-order valence-corrected chi connectivity index (χ4v) is 1.34. The fraction of sp³-hybridized carbons (Fsp3) is 0. The van der Waals surface area contributed by atoms with Gasteiger partial charge in [-0.1, -0.05) is 36.4 Å². The van der Waals surface area contributed by atoms with Crippen LogP contribution in [0.25, 0.3) is 0 Å². The molecule has 0 aromatic heterocycles. The van der Waals surface area contributed by atoms with Crippen LogP contribution in [0.5, 0.6) is 0 Å². The molecular formula is C13H14ClN3. The Morgan fingerprint density at radius 1 is 0.882 bits per heavy atom. The summed E-state index contributed by atoms with van der Waals surface area (Å²) in [5.41, 5.74) is 7.54. The largest absolute Gasteiger partial charge is 0.369 e. The number of hydrogen-bond donors (Lipinski definition) is 2. The molecule has 0 saturated carbocycles. The zero-order valence-electron chi connectivity index (χ0n) is 9.21. The van der Waals surface area contributed by atoms with Crippen LogP contribution in [0.15, 0.2) is 65.7 Å². The van der Waals surface area contributed by atoms with Crippen LogP contribution in [0.2, 0.25) is 0 Å². The third-order valence-electron chi connectivity index (χ3n) is 2.05. The molecule has 0 atom stereocenters. The summed E-state index contributed by atoms with van der Waals surface area (Å²) in [5, 5.41) is 3.02. The van der Waals surface area contributed by atoms with E-state index in [1.807, 2.05) is 60.7 Å². The third-order valence-corrected chi connectivity index (χ3v) is 2.05. The standard InChI is InChI=1S/C13H13N3.ClH/c14-13(15-11-7-3-1-4-8-11)16-12-9-5-2-6-10-12;/h1-10H,(H3,14,15,16);1H. The second-order valence-electron chi connectivity index (χ2n) is 3.32. The molecule has 0 heterocycles. The Morgan fingerprint density at radius 2 is 1.41 bits per heavy atom. The van der Waals surface area contributed by atoms with Crippen molar-refractivity contribution in [2.75, 3.05) is 5.32 Å². The Bertz CT molecular complexity index is 469. The Kier molecular flexibility index (Phi) is 5.04. The molecule has 0 aliphatic rings. The van der Waals surface area contributed by atoms with Gasteiger partial charge in [0.25, 0.3) is 0 Å². The molecule has 88 valence electrons. The average Bonchev–Trinajstić information content (AvgIpc) is 2.31. The number of halogens is 1. The van der Waals surface area contributed by atoms with Gasteiger partial charge in [0.05, 0.1) is 5.69 Å². The first-order valence-electron chi connectivity index (χ1n) is 5.06. The number of hydrogen-bond acceptors (Lipinski definition) is 1. The maximum Gasteiger partial charge on any atom is 0.198 e. The number of nitrogens with one attached hydrogen (secondary N) is 1. The lowest BCUT2D eigenvalue weighted by Gasteiger charge is -2.04. The van der Waals surface area contributed by atoms with Crippen molar-refractivity contribution in [1.29, 1.82) is 0 Å². The first-order chi connectivity index (χ1) is 7.84. The van der Waals surface area contributed by atoms with Crippen LogP contribution in [0, 0.1) is 0 Å². The summed E-state index contributed by atoms with van der Waals surface area (Å²) in [7, 11) is 0. The van der Waals surface area contributed by atoms with E-state index in [-0.39, 0.29) is 12.4 Å². The first kappa shape index (κ1) is 13.1. The smallest absolute Gasteiger partial charge is 0.198 e. The van der Waals surface area contributed by atoms with Gasteiger partial charge in [0.2, 0.25) is 0 Å². The number of aliphatic imine (C=N–C) groups is 1. The molecule has 0 aliphatic carbocycles. The molecule has 0 unspecified atom stereocenters. The molecule has 0 spiro atoms. The molecule has 0 aliphatic heterocycles. The van der Waals surface area contributed by atoms with E-state index in [0.29, 0.717) is 5.96 Å². The Hall–Kier alpha value is -2.00. The lowest BCUT2D eigenvalue weighted by atomic mass is 10.3. The highest BCUT2D eigenvalue weighted by Gasteiger charge is 1.93. The number of guanidine groups is 1. The summed E-state index contributed by atoms with van der Waals surface area (Å²) in [6.07, 6.45) is 0. The molecule has 0 fully saturated rings. The normalized spacial score (nSPS) is 10.5. The molecule has 4 heteroatoms. The first-order valence-corrected chi connectivity index (χ1v) is 5.06. The highest BCUT2D eigenvalue weighted by molar-refractivity contribution is 5.93. The molecular weight excluding hydrogens is 234 g/mol. The van der Waals surface area contributed by atoms with Crippen LogP contribution < -0.4 is 11.1 Å². The zero-order chi connectivity index (χ0) is 11.2. The predicted octanol–water partition coefficient (Wildman–Crippen LogP) is 3.17. The van der Waals surface area contributed by atoms with Gasteiger partial charge in [-0.25, -0.2) is 4.99 Å². The van der Waals surface area contributed by atoms with Gasteiger partial charge in [-0.2, -0.15) is 0 Å². The zero-order valence-corrected chi connectivity index (χ0v) is 10.0. The van der Waals surface area contributed by atoms with E-state index in [9.17, 15) is 0 Å². The highest BCUT2D eigenvalue weighted by Crippen LogP contribution is 2.10. The quantitative estimate of drug-likeness (QED) is 0.633. The molecule has 2 aromatic carbocycles. The average molecular weight is 248 g/mol. The lowest BCUT2D eigenvalue weighted by Crippen LogP contribution is -2.21.